The number of nitrogens with zero attached hydrogens (tertiary/aromatic N) is 5. The summed E-state index contributed by atoms with van der Waals surface area (Å²) in [5, 5.41) is 6.43. The molecule has 0 aliphatic carbocycles. The van der Waals surface area contributed by atoms with Gasteiger partial charge in [0, 0.05) is 37.1 Å². The van der Waals surface area contributed by atoms with Crippen LogP contribution in [-0.2, 0) is 7.05 Å². The van der Waals surface area contributed by atoms with Crippen molar-refractivity contribution in [1.82, 2.24) is 25.1 Å². The molecule has 2 heterocycles. The topological polar surface area (TPSA) is 77.3 Å². The zero-order valence-corrected chi connectivity index (χ0v) is 20.8. The van der Waals surface area contributed by atoms with Crippen molar-refractivity contribution in [3.05, 3.63) is 54.5 Å². The van der Waals surface area contributed by atoms with Crippen molar-refractivity contribution < 1.29 is 31.4 Å². The number of rotatable bonds is 10. The highest BCUT2D eigenvalue weighted by atomic mass is 19.4. The molecule has 0 aliphatic rings. The average molecular weight is 537 g/mol. The Balaban J connectivity index is 1.76. The van der Waals surface area contributed by atoms with Crippen LogP contribution in [0.4, 0.5) is 33.3 Å². The monoisotopic (exact) mass is 536 g/mol. The first-order valence-corrected chi connectivity index (χ1v) is 11.5. The average Bonchev–Trinajstić information content (AvgIpc) is 3.32. The summed E-state index contributed by atoms with van der Waals surface area (Å²) in [5.41, 5.74) is 2.14. The lowest BCUT2D eigenvalue weighted by molar-refractivity contribution is -0.124. The Morgan fingerprint density at radius 2 is 1.71 bits per heavy atom. The number of hydrogen-bond donors (Lipinski definition) is 1. The lowest BCUT2D eigenvalue weighted by Crippen LogP contribution is -2.31. The van der Waals surface area contributed by atoms with Crippen LogP contribution in [0.5, 0.6) is 11.5 Å². The maximum absolute atomic E-state index is 15.5. The summed E-state index contributed by atoms with van der Waals surface area (Å²) >= 11 is 0. The van der Waals surface area contributed by atoms with Crippen molar-refractivity contribution >= 4 is 22.4 Å². The van der Waals surface area contributed by atoms with Crippen LogP contribution in [-0.4, -0.2) is 59.8 Å². The van der Waals surface area contributed by atoms with Gasteiger partial charge in [-0.1, -0.05) is 0 Å². The van der Waals surface area contributed by atoms with E-state index in [-0.39, 0.29) is 31.0 Å². The van der Waals surface area contributed by atoms with Crippen LogP contribution in [0.15, 0.2) is 42.9 Å². The first-order valence-electron chi connectivity index (χ1n) is 11.5. The normalized spacial score (nSPS) is 11.7. The number of aryl methyl sites for hydroxylation is 1. The molecule has 0 fully saturated rings. The summed E-state index contributed by atoms with van der Waals surface area (Å²) in [7, 11) is 4.23. The fourth-order valence-electron chi connectivity index (χ4n) is 3.93. The number of anilines is 2. The number of hydrogen-bond acceptors (Lipinski definition) is 7. The van der Waals surface area contributed by atoms with Gasteiger partial charge >= 0.3 is 6.18 Å². The Morgan fingerprint density at radius 3 is 2.32 bits per heavy atom. The van der Waals surface area contributed by atoms with E-state index in [2.05, 4.69) is 20.4 Å². The molecule has 0 radical (unpaired) electrons. The molecule has 0 amide bonds. The summed E-state index contributed by atoms with van der Waals surface area (Å²) in [5.74, 6) is -2.47. The summed E-state index contributed by atoms with van der Waals surface area (Å²) in [6.45, 7) is -1.25. The minimum absolute atomic E-state index is 0.0315. The van der Waals surface area contributed by atoms with Crippen molar-refractivity contribution in [3.8, 4) is 22.8 Å². The van der Waals surface area contributed by atoms with Gasteiger partial charge in [-0.3, -0.25) is 9.67 Å². The molecular weight excluding hydrogens is 511 g/mol. The zero-order valence-electron chi connectivity index (χ0n) is 20.8. The van der Waals surface area contributed by atoms with E-state index in [1.807, 2.05) is 0 Å². The van der Waals surface area contributed by atoms with Gasteiger partial charge < -0.3 is 19.7 Å². The van der Waals surface area contributed by atoms with E-state index < -0.39 is 30.0 Å². The van der Waals surface area contributed by atoms with Crippen molar-refractivity contribution in [2.45, 2.75) is 12.6 Å². The summed E-state index contributed by atoms with van der Waals surface area (Å²) in [4.78, 5) is 10.4. The molecule has 2 aromatic carbocycles. The molecule has 0 spiro atoms. The van der Waals surface area contributed by atoms with E-state index in [0.29, 0.717) is 22.4 Å². The predicted molar refractivity (Wildman–Crippen MR) is 132 cm³/mol. The summed E-state index contributed by atoms with van der Waals surface area (Å²) in [6.07, 6.45) is 0.755. The van der Waals surface area contributed by atoms with Gasteiger partial charge in [-0.25, -0.2) is 13.8 Å². The van der Waals surface area contributed by atoms with Crippen LogP contribution in [0.1, 0.15) is 6.42 Å². The molecule has 0 unspecified atom stereocenters. The van der Waals surface area contributed by atoms with Crippen molar-refractivity contribution in [1.29, 1.82) is 0 Å². The van der Waals surface area contributed by atoms with E-state index in [4.69, 9.17) is 9.47 Å². The number of halogens is 5. The van der Waals surface area contributed by atoms with Crippen LogP contribution in [0.25, 0.3) is 22.3 Å². The Hall–Kier alpha value is -4.00. The Morgan fingerprint density at radius 1 is 1.00 bits per heavy atom. The molecule has 8 nitrogen and oxygen atoms in total. The molecule has 0 saturated heterocycles. The highest BCUT2D eigenvalue weighted by molar-refractivity contribution is 5.83. The SMILES string of the molecule is COc1cc(OC)c(F)c(N(CCCNCC(F)(F)F)c2ccc3ncc(-c4cnn(C)c4)nc3c2)c1F. The smallest absolute Gasteiger partial charge is 0.401 e. The molecule has 4 aromatic rings. The van der Waals surface area contributed by atoms with E-state index >= 15 is 8.78 Å². The van der Waals surface area contributed by atoms with E-state index in [9.17, 15) is 13.2 Å². The fraction of sp³-hybridized carbons (Fsp3) is 0.320. The minimum Gasteiger partial charge on any atom is -0.493 e. The largest absolute Gasteiger partial charge is 0.493 e. The quantitative estimate of drug-likeness (QED) is 0.226. The summed E-state index contributed by atoms with van der Waals surface area (Å²) in [6, 6.07) is 5.95. The molecule has 4 rings (SSSR count). The van der Waals surface area contributed by atoms with Crippen LogP contribution in [0.2, 0.25) is 0 Å². The molecule has 0 atom stereocenters. The number of aromatic nitrogens is 4. The van der Waals surface area contributed by atoms with Crippen LogP contribution < -0.4 is 19.7 Å². The van der Waals surface area contributed by atoms with Crippen LogP contribution >= 0.6 is 0 Å². The maximum Gasteiger partial charge on any atom is 0.401 e. The number of nitrogens with one attached hydrogen (secondary N) is 1. The highest BCUT2D eigenvalue weighted by Crippen LogP contribution is 2.40. The Bertz CT molecular complexity index is 1400. The van der Waals surface area contributed by atoms with Crippen molar-refractivity contribution in [2.24, 2.45) is 7.05 Å². The number of alkyl halides is 3. The van der Waals surface area contributed by atoms with Gasteiger partial charge in [0.05, 0.1) is 49.9 Å². The van der Waals surface area contributed by atoms with Gasteiger partial charge in [0.15, 0.2) is 23.1 Å². The number of benzene rings is 2. The Kier molecular flexibility index (Phi) is 7.95. The second kappa shape index (κ2) is 11.2. The van der Waals surface area contributed by atoms with Gasteiger partial charge in [-0.05, 0) is 31.2 Å². The lowest BCUT2D eigenvalue weighted by atomic mass is 10.1. The third kappa shape index (κ3) is 5.93. The second-order valence-corrected chi connectivity index (χ2v) is 8.39. The molecular formula is C25H25F5N6O2. The standard InChI is InChI=1S/C25H25F5N6O2/c1-35-13-15(11-33-35)19-12-32-17-6-5-16(9-18(17)34-19)36(8-4-7-31-14-25(28,29)30)24-22(26)20(37-2)10-21(38-3)23(24)27/h5-6,9-13,31H,4,7-8,14H2,1-3H3. The lowest BCUT2D eigenvalue weighted by Gasteiger charge is -2.27. The van der Waals surface area contributed by atoms with Gasteiger partial charge in [0.2, 0.25) is 0 Å². The van der Waals surface area contributed by atoms with E-state index in [1.54, 1.807) is 48.5 Å². The summed E-state index contributed by atoms with van der Waals surface area (Å²) < 4.78 is 80.3. The van der Waals surface area contributed by atoms with Gasteiger partial charge in [0.25, 0.3) is 0 Å². The van der Waals surface area contributed by atoms with Crippen LogP contribution in [0, 0.1) is 11.6 Å². The molecule has 38 heavy (non-hydrogen) atoms. The second-order valence-electron chi connectivity index (χ2n) is 8.39. The zero-order chi connectivity index (χ0) is 27.4. The predicted octanol–water partition coefficient (Wildman–Crippen LogP) is 5.01. The van der Waals surface area contributed by atoms with Gasteiger partial charge in [0.1, 0.15) is 5.69 Å². The molecule has 13 heteroatoms. The molecule has 1 N–H and O–H groups in total. The first kappa shape index (κ1) is 27.0. The number of ether oxygens (including phenoxy) is 2. The van der Waals surface area contributed by atoms with Gasteiger partial charge in [-0.2, -0.15) is 18.3 Å². The van der Waals surface area contributed by atoms with E-state index in [0.717, 1.165) is 11.6 Å². The number of fused-ring (bicyclic) bond motifs is 1. The third-order valence-electron chi connectivity index (χ3n) is 5.72. The highest BCUT2D eigenvalue weighted by Gasteiger charge is 2.28. The van der Waals surface area contributed by atoms with Crippen molar-refractivity contribution in [3.63, 3.8) is 0 Å². The van der Waals surface area contributed by atoms with E-state index in [1.165, 1.54) is 19.1 Å². The Labute approximate surface area is 215 Å². The molecule has 202 valence electrons. The van der Waals surface area contributed by atoms with Gasteiger partial charge in [-0.15, -0.1) is 0 Å². The molecule has 0 saturated carbocycles. The molecule has 0 aliphatic heterocycles. The first-order chi connectivity index (χ1) is 18.1. The maximum atomic E-state index is 15.5. The van der Waals surface area contributed by atoms with Crippen molar-refractivity contribution in [2.75, 3.05) is 38.8 Å². The van der Waals surface area contributed by atoms with Crippen LogP contribution in [0.3, 0.4) is 0 Å². The third-order valence-corrected chi connectivity index (χ3v) is 5.72. The molecule has 0 bridgehead atoms. The minimum atomic E-state index is -4.37. The fourth-order valence-corrected chi connectivity index (χ4v) is 3.93. The molecule has 2 aromatic heterocycles. The number of methoxy groups -OCH3 is 2.